The fourth-order valence-corrected chi connectivity index (χ4v) is 3.02. The average Bonchev–Trinajstić information content (AvgIpc) is 2.31. The van der Waals surface area contributed by atoms with Gasteiger partial charge in [-0.2, -0.15) is 0 Å². The molecule has 1 aliphatic carbocycles. The van der Waals surface area contributed by atoms with Gasteiger partial charge in [0.15, 0.2) is 0 Å². The molecule has 0 heterocycles. The van der Waals surface area contributed by atoms with E-state index < -0.39 is 0 Å². The molecule has 0 unspecified atom stereocenters. The minimum absolute atomic E-state index is 0.359. The highest BCUT2D eigenvalue weighted by molar-refractivity contribution is 8.22. The fourth-order valence-electron chi connectivity index (χ4n) is 1.93. The third-order valence-corrected chi connectivity index (χ3v) is 3.88. The van der Waals surface area contributed by atoms with Crippen molar-refractivity contribution >= 4 is 28.4 Å². The van der Waals surface area contributed by atoms with Crippen LogP contribution in [0.2, 0.25) is 0 Å². The first kappa shape index (κ1) is 11.9. The van der Waals surface area contributed by atoms with Crippen molar-refractivity contribution < 1.29 is 4.74 Å². The predicted molar refractivity (Wildman–Crippen MR) is 72.9 cm³/mol. The normalized spacial score (nSPS) is 17.0. The largest absolute Gasteiger partial charge is 0.475 e. The molecule has 0 N–H and O–H groups in total. The molecule has 1 aromatic rings. The van der Waals surface area contributed by atoms with Crippen molar-refractivity contribution in [2.24, 2.45) is 0 Å². The molecule has 0 amide bonds. The molecule has 1 aromatic carbocycles. The van der Waals surface area contributed by atoms with E-state index in [1.807, 2.05) is 18.2 Å². The van der Waals surface area contributed by atoms with Crippen molar-refractivity contribution in [2.45, 2.75) is 43.1 Å². The standard InChI is InChI=1S/C13H16OS2/c15-13(14-11-7-3-1-4-8-11)16-12-9-5-2-6-10-12/h2,5-6,9-11H,1,3-4,7-8H2. The number of hydrogen-bond donors (Lipinski definition) is 0. The summed E-state index contributed by atoms with van der Waals surface area (Å²) in [7, 11) is 0. The van der Waals surface area contributed by atoms with Gasteiger partial charge in [0.25, 0.3) is 0 Å². The number of thioether (sulfide) groups is 1. The zero-order valence-electron chi connectivity index (χ0n) is 9.22. The molecule has 3 heteroatoms. The number of benzene rings is 1. The first-order chi connectivity index (χ1) is 7.84. The first-order valence-corrected chi connectivity index (χ1v) is 7.00. The fraction of sp³-hybridized carbons (Fsp3) is 0.462. The van der Waals surface area contributed by atoms with Crippen LogP contribution in [0.1, 0.15) is 32.1 Å². The van der Waals surface area contributed by atoms with E-state index in [1.165, 1.54) is 19.3 Å². The summed E-state index contributed by atoms with van der Waals surface area (Å²) < 4.78 is 6.45. The van der Waals surface area contributed by atoms with Gasteiger partial charge in [-0.15, -0.1) is 0 Å². The van der Waals surface area contributed by atoms with E-state index in [-0.39, 0.29) is 0 Å². The molecular weight excluding hydrogens is 236 g/mol. The van der Waals surface area contributed by atoms with Crippen LogP contribution >= 0.6 is 24.0 Å². The predicted octanol–water partition coefficient (Wildman–Crippen LogP) is 4.41. The van der Waals surface area contributed by atoms with E-state index in [4.69, 9.17) is 17.0 Å². The summed E-state index contributed by atoms with van der Waals surface area (Å²) in [5.74, 6) is 0. The smallest absolute Gasteiger partial charge is 0.225 e. The van der Waals surface area contributed by atoms with Crippen LogP contribution in [-0.2, 0) is 4.74 Å². The second kappa shape index (κ2) is 6.26. The maximum atomic E-state index is 5.79. The van der Waals surface area contributed by atoms with Gasteiger partial charge >= 0.3 is 0 Å². The van der Waals surface area contributed by atoms with Crippen molar-refractivity contribution in [2.75, 3.05) is 0 Å². The molecule has 0 atom stereocenters. The lowest BCUT2D eigenvalue weighted by molar-refractivity contribution is 0.153. The van der Waals surface area contributed by atoms with E-state index in [2.05, 4.69) is 12.1 Å². The molecule has 0 radical (unpaired) electrons. The van der Waals surface area contributed by atoms with Crippen LogP contribution in [0.25, 0.3) is 0 Å². The Labute approximate surface area is 107 Å². The molecule has 0 bridgehead atoms. The molecule has 0 aromatic heterocycles. The van der Waals surface area contributed by atoms with E-state index in [1.54, 1.807) is 11.8 Å². The molecule has 1 saturated carbocycles. The van der Waals surface area contributed by atoms with Gasteiger partial charge in [-0.1, -0.05) is 24.6 Å². The Kier molecular flexibility index (Phi) is 4.67. The Morgan fingerprint density at radius 1 is 1.12 bits per heavy atom. The minimum atomic E-state index is 0.359. The maximum absolute atomic E-state index is 5.79. The van der Waals surface area contributed by atoms with Gasteiger partial charge in [-0.05, 0) is 61.8 Å². The topological polar surface area (TPSA) is 9.23 Å². The van der Waals surface area contributed by atoms with Crippen LogP contribution in [0, 0.1) is 0 Å². The highest BCUT2D eigenvalue weighted by atomic mass is 32.2. The van der Waals surface area contributed by atoms with Crippen LogP contribution in [0.3, 0.4) is 0 Å². The van der Waals surface area contributed by atoms with Gasteiger partial charge in [0.1, 0.15) is 6.10 Å². The Bertz CT molecular complexity index is 331. The Balaban J connectivity index is 1.80. The van der Waals surface area contributed by atoms with Crippen LogP contribution in [0.5, 0.6) is 0 Å². The molecule has 1 nitrogen and oxygen atoms in total. The van der Waals surface area contributed by atoms with Gasteiger partial charge < -0.3 is 4.74 Å². The van der Waals surface area contributed by atoms with Gasteiger partial charge in [0.2, 0.25) is 4.38 Å². The highest BCUT2D eigenvalue weighted by Gasteiger charge is 2.16. The summed E-state index contributed by atoms with van der Waals surface area (Å²) in [5, 5.41) is 0. The van der Waals surface area contributed by atoms with Crippen molar-refractivity contribution in [1.29, 1.82) is 0 Å². The number of thiocarbonyl (C=S) groups is 1. The Hall–Kier alpha value is -0.540. The Morgan fingerprint density at radius 2 is 1.81 bits per heavy atom. The molecule has 0 aliphatic heterocycles. The zero-order valence-corrected chi connectivity index (χ0v) is 10.9. The van der Waals surface area contributed by atoms with E-state index >= 15 is 0 Å². The summed E-state index contributed by atoms with van der Waals surface area (Å²) in [4.78, 5) is 1.16. The molecule has 16 heavy (non-hydrogen) atoms. The lowest BCUT2D eigenvalue weighted by atomic mass is 9.98. The van der Waals surface area contributed by atoms with E-state index in [0.29, 0.717) is 10.5 Å². The van der Waals surface area contributed by atoms with E-state index in [9.17, 15) is 0 Å². The van der Waals surface area contributed by atoms with Gasteiger partial charge in [-0.25, -0.2) is 0 Å². The number of ether oxygens (including phenoxy) is 1. The van der Waals surface area contributed by atoms with Crippen LogP contribution in [0.4, 0.5) is 0 Å². The molecular formula is C13H16OS2. The van der Waals surface area contributed by atoms with Gasteiger partial charge in [-0.3, -0.25) is 0 Å². The molecule has 0 spiro atoms. The second-order valence-corrected chi connectivity index (χ2v) is 5.72. The second-order valence-electron chi connectivity index (χ2n) is 4.04. The monoisotopic (exact) mass is 252 g/mol. The Morgan fingerprint density at radius 3 is 2.50 bits per heavy atom. The molecule has 2 rings (SSSR count). The van der Waals surface area contributed by atoms with Crippen molar-refractivity contribution in [3.8, 4) is 0 Å². The number of rotatable bonds is 2. The molecule has 1 fully saturated rings. The summed E-state index contributed by atoms with van der Waals surface area (Å²) in [6.07, 6.45) is 6.59. The summed E-state index contributed by atoms with van der Waals surface area (Å²) in [6, 6.07) is 10.2. The zero-order chi connectivity index (χ0) is 11.2. The lowest BCUT2D eigenvalue weighted by Gasteiger charge is -2.22. The summed E-state index contributed by atoms with van der Waals surface area (Å²) in [5.41, 5.74) is 0. The number of hydrogen-bond acceptors (Lipinski definition) is 3. The van der Waals surface area contributed by atoms with Crippen LogP contribution in [0.15, 0.2) is 35.2 Å². The van der Waals surface area contributed by atoms with Crippen molar-refractivity contribution in [1.82, 2.24) is 0 Å². The van der Waals surface area contributed by atoms with Crippen molar-refractivity contribution in [3.05, 3.63) is 30.3 Å². The lowest BCUT2D eigenvalue weighted by Crippen LogP contribution is -2.18. The third kappa shape index (κ3) is 3.80. The third-order valence-electron chi connectivity index (χ3n) is 2.76. The average molecular weight is 252 g/mol. The highest BCUT2D eigenvalue weighted by Crippen LogP contribution is 2.25. The summed E-state index contributed by atoms with van der Waals surface area (Å²) in [6.45, 7) is 0. The van der Waals surface area contributed by atoms with Crippen LogP contribution < -0.4 is 0 Å². The SMILES string of the molecule is S=C(OC1CCCCC1)Sc1ccccc1. The molecule has 86 valence electrons. The first-order valence-electron chi connectivity index (χ1n) is 5.78. The van der Waals surface area contributed by atoms with Crippen molar-refractivity contribution in [3.63, 3.8) is 0 Å². The summed E-state index contributed by atoms with van der Waals surface area (Å²) >= 11 is 6.80. The maximum Gasteiger partial charge on any atom is 0.225 e. The van der Waals surface area contributed by atoms with Gasteiger partial charge in [0.05, 0.1) is 0 Å². The quantitative estimate of drug-likeness (QED) is 0.570. The van der Waals surface area contributed by atoms with Crippen LogP contribution in [-0.4, -0.2) is 10.5 Å². The molecule has 1 aliphatic rings. The van der Waals surface area contributed by atoms with Gasteiger partial charge in [0, 0.05) is 4.90 Å². The van der Waals surface area contributed by atoms with E-state index in [0.717, 1.165) is 17.7 Å². The molecule has 0 saturated heterocycles. The minimum Gasteiger partial charge on any atom is -0.475 e.